The van der Waals surface area contributed by atoms with Gasteiger partial charge >= 0.3 is 5.97 Å². The first-order valence-corrected chi connectivity index (χ1v) is 11.1. The van der Waals surface area contributed by atoms with Crippen molar-refractivity contribution < 1.29 is 18.3 Å². The van der Waals surface area contributed by atoms with Crippen molar-refractivity contribution in [2.45, 2.75) is 23.0 Å². The highest BCUT2D eigenvalue weighted by Crippen LogP contribution is 2.34. The zero-order valence-corrected chi connectivity index (χ0v) is 16.8. The van der Waals surface area contributed by atoms with Crippen molar-refractivity contribution in [2.75, 3.05) is 0 Å². The molecule has 150 valence electrons. The fourth-order valence-electron chi connectivity index (χ4n) is 4.00. The molecule has 0 aromatic heterocycles. The first kappa shape index (κ1) is 19.9. The van der Waals surface area contributed by atoms with Crippen LogP contribution < -0.4 is 0 Å². The standard InChI is InChI=1S/C24H19NO4S/c25-15-16-5-7-17(8-6-16)18-9-11-21(12-10-18)30(28,29)23-14-20-4-2-1-3-19(20)13-22(23)24(26)27/h1-12,22-23H,13-14H2,(H,26,27)/t22-,23?/m0/s1. The van der Waals surface area contributed by atoms with Crippen molar-refractivity contribution in [1.29, 1.82) is 5.26 Å². The third kappa shape index (κ3) is 3.60. The van der Waals surface area contributed by atoms with Crippen LogP contribution in [0, 0.1) is 17.2 Å². The van der Waals surface area contributed by atoms with Crippen LogP contribution >= 0.6 is 0 Å². The molecule has 3 aromatic rings. The minimum Gasteiger partial charge on any atom is -0.481 e. The molecule has 1 aliphatic rings. The van der Waals surface area contributed by atoms with Crippen LogP contribution in [0.5, 0.6) is 0 Å². The van der Waals surface area contributed by atoms with Crippen molar-refractivity contribution in [2.24, 2.45) is 5.92 Å². The first-order valence-electron chi connectivity index (χ1n) is 9.54. The Kier molecular flexibility index (Phi) is 5.15. The van der Waals surface area contributed by atoms with E-state index in [2.05, 4.69) is 6.07 Å². The molecule has 0 saturated heterocycles. The van der Waals surface area contributed by atoms with Gasteiger partial charge in [0, 0.05) is 0 Å². The Morgan fingerprint density at radius 1 is 0.867 bits per heavy atom. The summed E-state index contributed by atoms with van der Waals surface area (Å²) in [6.45, 7) is 0. The van der Waals surface area contributed by atoms with Crippen molar-refractivity contribution >= 4 is 15.8 Å². The van der Waals surface area contributed by atoms with E-state index in [0.29, 0.717) is 5.56 Å². The molecule has 1 N–H and O–H groups in total. The van der Waals surface area contributed by atoms with E-state index in [1.165, 1.54) is 12.1 Å². The van der Waals surface area contributed by atoms with Crippen molar-refractivity contribution in [3.63, 3.8) is 0 Å². The highest BCUT2D eigenvalue weighted by Gasteiger charge is 2.42. The van der Waals surface area contributed by atoms with Gasteiger partial charge in [0.25, 0.3) is 0 Å². The van der Waals surface area contributed by atoms with E-state index in [4.69, 9.17) is 5.26 Å². The summed E-state index contributed by atoms with van der Waals surface area (Å²) in [6, 6.07) is 23.0. The molecule has 5 nitrogen and oxygen atoms in total. The van der Waals surface area contributed by atoms with Crippen LogP contribution in [0.3, 0.4) is 0 Å². The molecular weight excluding hydrogens is 398 g/mol. The van der Waals surface area contributed by atoms with Gasteiger partial charge in [-0.25, -0.2) is 8.42 Å². The Balaban J connectivity index is 1.67. The molecule has 1 aliphatic carbocycles. The lowest BCUT2D eigenvalue weighted by atomic mass is 9.83. The Morgan fingerprint density at radius 2 is 1.40 bits per heavy atom. The van der Waals surface area contributed by atoms with Gasteiger partial charge in [-0.3, -0.25) is 4.79 Å². The lowest BCUT2D eigenvalue weighted by Gasteiger charge is -2.30. The molecule has 30 heavy (non-hydrogen) atoms. The smallest absolute Gasteiger partial charge is 0.308 e. The topological polar surface area (TPSA) is 95.2 Å². The Bertz CT molecular complexity index is 1240. The quantitative estimate of drug-likeness (QED) is 0.695. The van der Waals surface area contributed by atoms with Crippen LogP contribution in [0.4, 0.5) is 0 Å². The number of carboxylic acids is 1. The van der Waals surface area contributed by atoms with E-state index in [1.54, 1.807) is 36.4 Å². The Morgan fingerprint density at radius 3 is 1.93 bits per heavy atom. The predicted molar refractivity (Wildman–Crippen MR) is 113 cm³/mol. The molecule has 0 spiro atoms. The summed E-state index contributed by atoms with van der Waals surface area (Å²) in [5.41, 5.74) is 4.02. The molecule has 0 heterocycles. The van der Waals surface area contributed by atoms with E-state index in [0.717, 1.165) is 22.3 Å². The Labute approximate surface area is 175 Å². The number of carbonyl (C=O) groups is 1. The van der Waals surface area contributed by atoms with Gasteiger partial charge in [0.15, 0.2) is 9.84 Å². The van der Waals surface area contributed by atoms with Crippen LogP contribution in [0.15, 0.2) is 77.7 Å². The third-order valence-electron chi connectivity index (χ3n) is 5.67. The summed E-state index contributed by atoms with van der Waals surface area (Å²) < 4.78 is 26.7. The van der Waals surface area contributed by atoms with Crippen LogP contribution in [-0.2, 0) is 27.5 Å². The zero-order valence-electron chi connectivity index (χ0n) is 16.0. The van der Waals surface area contributed by atoms with Crippen LogP contribution in [0.25, 0.3) is 11.1 Å². The second-order valence-corrected chi connectivity index (χ2v) is 9.59. The summed E-state index contributed by atoms with van der Waals surface area (Å²) in [4.78, 5) is 12.0. The monoisotopic (exact) mass is 417 g/mol. The molecule has 6 heteroatoms. The van der Waals surface area contributed by atoms with Gasteiger partial charge in [-0.1, -0.05) is 48.5 Å². The van der Waals surface area contributed by atoms with Crippen LogP contribution in [0.2, 0.25) is 0 Å². The van der Waals surface area contributed by atoms with Gasteiger partial charge in [0.1, 0.15) is 0 Å². The van der Waals surface area contributed by atoms with Gasteiger partial charge in [-0.2, -0.15) is 5.26 Å². The van der Waals surface area contributed by atoms with Gasteiger partial charge in [-0.05, 0) is 59.4 Å². The number of nitriles is 1. The molecule has 0 radical (unpaired) electrons. The van der Waals surface area contributed by atoms with Crippen LogP contribution in [0.1, 0.15) is 16.7 Å². The number of aliphatic carboxylic acids is 1. The number of benzene rings is 3. The fraction of sp³-hybridized carbons (Fsp3) is 0.167. The minimum absolute atomic E-state index is 0.121. The van der Waals surface area contributed by atoms with E-state index in [1.807, 2.05) is 24.3 Å². The average molecular weight is 417 g/mol. The van der Waals surface area contributed by atoms with E-state index in [9.17, 15) is 18.3 Å². The van der Waals surface area contributed by atoms with Gasteiger partial charge in [0.05, 0.1) is 27.7 Å². The normalized spacial score (nSPS) is 18.2. The number of sulfone groups is 1. The lowest BCUT2D eigenvalue weighted by Crippen LogP contribution is -2.41. The largest absolute Gasteiger partial charge is 0.481 e. The molecule has 2 atom stereocenters. The third-order valence-corrected chi connectivity index (χ3v) is 7.90. The average Bonchev–Trinajstić information content (AvgIpc) is 2.78. The molecule has 0 amide bonds. The first-order chi connectivity index (χ1) is 14.4. The maximum absolute atomic E-state index is 13.3. The number of nitrogens with zero attached hydrogens (tertiary/aromatic N) is 1. The summed E-state index contributed by atoms with van der Waals surface area (Å²) in [5.74, 6) is -2.07. The van der Waals surface area contributed by atoms with E-state index in [-0.39, 0.29) is 17.7 Å². The molecular formula is C24H19NO4S. The number of fused-ring (bicyclic) bond motifs is 1. The molecule has 0 fully saturated rings. The summed E-state index contributed by atoms with van der Waals surface area (Å²) >= 11 is 0. The van der Waals surface area contributed by atoms with E-state index < -0.39 is 27.0 Å². The van der Waals surface area contributed by atoms with E-state index >= 15 is 0 Å². The maximum atomic E-state index is 13.3. The molecule has 0 aliphatic heterocycles. The molecule has 1 unspecified atom stereocenters. The Hall–Kier alpha value is -3.43. The highest BCUT2D eigenvalue weighted by atomic mass is 32.2. The van der Waals surface area contributed by atoms with Crippen LogP contribution in [-0.4, -0.2) is 24.7 Å². The number of hydrogen-bond donors (Lipinski definition) is 1. The molecule has 4 rings (SSSR count). The summed E-state index contributed by atoms with van der Waals surface area (Å²) in [5, 5.41) is 17.6. The SMILES string of the molecule is N#Cc1ccc(-c2ccc(S(=O)(=O)C3Cc4ccccc4C[C@@H]3C(=O)O)cc2)cc1. The molecule has 0 saturated carbocycles. The number of rotatable bonds is 4. The predicted octanol–water partition coefficient (Wildman–Crippen LogP) is 3.87. The second kappa shape index (κ2) is 7.77. The van der Waals surface area contributed by atoms with Gasteiger partial charge < -0.3 is 5.11 Å². The van der Waals surface area contributed by atoms with Crippen molar-refractivity contribution in [3.05, 3.63) is 89.5 Å². The minimum atomic E-state index is -3.83. The number of hydrogen-bond acceptors (Lipinski definition) is 4. The summed E-state index contributed by atoms with van der Waals surface area (Å²) in [7, 11) is -3.83. The second-order valence-electron chi connectivity index (χ2n) is 7.42. The maximum Gasteiger partial charge on any atom is 0.308 e. The van der Waals surface area contributed by atoms with Crippen molar-refractivity contribution in [1.82, 2.24) is 0 Å². The van der Waals surface area contributed by atoms with Gasteiger partial charge in [-0.15, -0.1) is 0 Å². The van der Waals surface area contributed by atoms with Crippen molar-refractivity contribution in [3.8, 4) is 17.2 Å². The summed E-state index contributed by atoms with van der Waals surface area (Å²) in [6.07, 6.45) is 0.394. The lowest BCUT2D eigenvalue weighted by molar-refractivity contribution is -0.141. The number of carboxylic acid groups (broad SMARTS) is 1. The molecule has 0 bridgehead atoms. The van der Waals surface area contributed by atoms with Gasteiger partial charge in [0.2, 0.25) is 0 Å². The fourth-order valence-corrected chi connectivity index (χ4v) is 5.91. The highest BCUT2D eigenvalue weighted by molar-refractivity contribution is 7.92. The molecule has 3 aromatic carbocycles. The zero-order chi connectivity index (χ0) is 21.3.